The summed E-state index contributed by atoms with van der Waals surface area (Å²) in [6.07, 6.45) is 0.561. The summed E-state index contributed by atoms with van der Waals surface area (Å²) in [5, 5.41) is 2.95. The van der Waals surface area contributed by atoms with E-state index in [9.17, 15) is 8.42 Å². The van der Waals surface area contributed by atoms with E-state index >= 15 is 0 Å². The Balaban J connectivity index is 1.67. The van der Waals surface area contributed by atoms with Crippen molar-refractivity contribution in [3.8, 4) is 10.6 Å². The molecule has 0 unspecified atom stereocenters. The second kappa shape index (κ2) is 7.92. The average Bonchev–Trinajstić information content (AvgIpc) is 3.03. The standard InChI is InChI=1S/C21H24N2O2S2/c1-14-5-7-18(8-6-14)21-23-19(13-26-21)9-10-22-27(24,25)20-16(3)11-15(2)12-17(20)4/h5-8,11-13,22H,9-10H2,1-4H3. The molecule has 0 amide bonds. The highest BCUT2D eigenvalue weighted by molar-refractivity contribution is 7.89. The van der Waals surface area contributed by atoms with Gasteiger partial charge in [-0.25, -0.2) is 18.1 Å². The highest BCUT2D eigenvalue weighted by Crippen LogP contribution is 2.24. The zero-order chi connectivity index (χ0) is 19.6. The van der Waals surface area contributed by atoms with Gasteiger partial charge in [0, 0.05) is 23.9 Å². The topological polar surface area (TPSA) is 59.1 Å². The summed E-state index contributed by atoms with van der Waals surface area (Å²) in [6.45, 7) is 8.02. The molecule has 0 spiro atoms. The first-order valence-electron chi connectivity index (χ1n) is 8.85. The Labute approximate surface area is 165 Å². The minimum Gasteiger partial charge on any atom is -0.241 e. The highest BCUT2D eigenvalue weighted by atomic mass is 32.2. The molecule has 0 fully saturated rings. The molecule has 0 bridgehead atoms. The molecule has 3 rings (SSSR count). The summed E-state index contributed by atoms with van der Waals surface area (Å²) in [7, 11) is -3.53. The smallest absolute Gasteiger partial charge is 0.241 e. The van der Waals surface area contributed by atoms with Crippen molar-refractivity contribution < 1.29 is 8.42 Å². The summed E-state index contributed by atoms with van der Waals surface area (Å²) in [6, 6.07) is 12.0. The van der Waals surface area contributed by atoms with Gasteiger partial charge in [0.25, 0.3) is 0 Å². The minimum absolute atomic E-state index is 0.326. The van der Waals surface area contributed by atoms with Gasteiger partial charge in [0.2, 0.25) is 10.0 Å². The number of aromatic nitrogens is 1. The molecule has 4 nitrogen and oxygen atoms in total. The normalized spacial score (nSPS) is 11.7. The highest BCUT2D eigenvalue weighted by Gasteiger charge is 2.19. The van der Waals surface area contributed by atoms with Crippen molar-refractivity contribution in [1.29, 1.82) is 0 Å². The number of thiazole rings is 1. The van der Waals surface area contributed by atoms with Crippen molar-refractivity contribution in [2.24, 2.45) is 0 Å². The molecule has 3 aromatic rings. The number of hydrogen-bond acceptors (Lipinski definition) is 4. The van der Waals surface area contributed by atoms with Gasteiger partial charge < -0.3 is 0 Å². The fourth-order valence-electron chi connectivity index (χ4n) is 3.23. The van der Waals surface area contributed by atoms with E-state index in [1.165, 1.54) is 5.56 Å². The first-order valence-corrected chi connectivity index (χ1v) is 11.2. The summed E-state index contributed by atoms with van der Waals surface area (Å²) in [5.41, 5.74) is 5.81. The molecule has 1 heterocycles. The van der Waals surface area contributed by atoms with E-state index < -0.39 is 10.0 Å². The number of hydrogen-bond donors (Lipinski definition) is 1. The van der Waals surface area contributed by atoms with Gasteiger partial charge in [-0.05, 0) is 38.8 Å². The average molecular weight is 401 g/mol. The SMILES string of the molecule is Cc1ccc(-c2nc(CCNS(=O)(=O)c3c(C)cc(C)cc3C)cs2)cc1. The molecular weight excluding hydrogens is 376 g/mol. The number of nitrogens with zero attached hydrogens (tertiary/aromatic N) is 1. The number of aryl methyl sites for hydroxylation is 4. The van der Waals surface area contributed by atoms with Crippen molar-refractivity contribution in [2.75, 3.05) is 6.54 Å². The Bertz CT molecular complexity index is 1030. The van der Waals surface area contributed by atoms with Crippen molar-refractivity contribution in [2.45, 2.75) is 39.0 Å². The Hall–Kier alpha value is -2.02. The van der Waals surface area contributed by atoms with Crippen molar-refractivity contribution in [3.05, 3.63) is 69.7 Å². The Kier molecular flexibility index (Phi) is 5.79. The second-order valence-electron chi connectivity index (χ2n) is 6.89. The van der Waals surface area contributed by atoms with E-state index in [4.69, 9.17) is 0 Å². The number of nitrogens with one attached hydrogen (secondary N) is 1. The monoisotopic (exact) mass is 400 g/mol. The third kappa shape index (κ3) is 4.64. The number of sulfonamides is 1. The van der Waals surface area contributed by atoms with E-state index in [2.05, 4.69) is 40.9 Å². The van der Waals surface area contributed by atoms with Crippen LogP contribution in [0.15, 0.2) is 46.7 Å². The quantitative estimate of drug-likeness (QED) is 0.660. The van der Waals surface area contributed by atoms with Crippen LogP contribution in [0.5, 0.6) is 0 Å². The molecule has 2 aromatic carbocycles. The van der Waals surface area contributed by atoms with E-state index in [0.29, 0.717) is 17.9 Å². The van der Waals surface area contributed by atoms with Crippen LogP contribution >= 0.6 is 11.3 Å². The van der Waals surface area contributed by atoms with Crippen LogP contribution < -0.4 is 4.72 Å². The molecule has 0 aliphatic rings. The lowest BCUT2D eigenvalue weighted by atomic mass is 10.1. The van der Waals surface area contributed by atoms with Gasteiger partial charge in [-0.15, -0.1) is 11.3 Å². The summed E-state index contributed by atoms with van der Waals surface area (Å²) in [5.74, 6) is 0. The predicted molar refractivity (Wildman–Crippen MR) is 112 cm³/mol. The van der Waals surface area contributed by atoms with Gasteiger partial charge in [0.1, 0.15) is 5.01 Å². The van der Waals surface area contributed by atoms with Gasteiger partial charge in [-0.1, -0.05) is 47.5 Å². The summed E-state index contributed by atoms with van der Waals surface area (Å²) in [4.78, 5) is 5.01. The molecule has 27 heavy (non-hydrogen) atoms. The molecular formula is C21H24N2O2S2. The first kappa shape index (κ1) is 19.7. The summed E-state index contributed by atoms with van der Waals surface area (Å²) >= 11 is 1.58. The van der Waals surface area contributed by atoms with E-state index in [-0.39, 0.29) is 0 Å². The lowest BCUT2D eigenvalue weighted by Crippen LogP contribution is -2.27. The molecule has 6 heteroatoms. The predicted octanol–water partition coefficient (Wildman–Crippen LogP) is 4.56. The van der Waals surface area contributed by atoms with E-state index in [1.807, 2.05) is 38.3 Å². The molecule has 0 saturated heterocycles. The maximum absolute atomic E-state index is 12.7. The van der Waals surface area contributed by atoms with E-state index in [1.54, 1.807) is 11.3 Å². The van der Waals surface area contributed by atoms with Gasteiger partial charge in [0.05, 0.1) is 10.6 Å². The van der Waals surface area contributed by atoms with Crippen LogP contribution in [0.2, 0.25) is 0 Å². The van der Waals surface area contributed by atoms with Gasteiger partial charge >= 0.3 is 0 Å². The second-order valence-corrected chi connectivity index (χ2v) is 9.45. The molecule has 1 aromatic heterocycles. The van der Waals surface area contributed by atoms with Crippen molar-refractivity contribution in [3.63, 3.8) is 0 Å². The van der Waals surface area contributed by atoms with Crippen LogP contribution in [0.3, 0.4) is 0 Å². The minimum atomic E-state index is -3.53. The molecule has 0 radical (unpaired) electrons. The van der Waals surface area contributed by atoms with Crippen LogP contribution in [0.25, 0.3) is 10.6 Å². The molecule has 1 N–H and O–H groups in total. The summed E-state index contributed by atoms with van der Waals surface area (Å²) < 4.78 is 28.1. The lowest BCUT2D eigenvalue weighted by molar-refractivity contribution is 0.580. The fraction of sp³-hybridized carbons (Fsp3) is 0.286. The van der Waals surface area contributed by atoms with Crippen molar-refractivity contribution in [1.82, 2.24) is 9.71 Å². The van der Waals surface area contributed by atoms with Crippen LogP contribution in [0, 0.1) is 27.7 Å². The van der Waals surface area contributed by atoms with Gasteiger partial charge in [-0.3, -0.25) is 0 Å². The maximum Gasteiger partial charge on any atom is 0.241 e. The van der Waals surface area contributed by atoms with Crippen molar-refractivity contribution >= 4 is 21.4 Å². The van der Waals surface area contributed by atoms with E-state index in [0.717, 1.165) is 33.0 Å². The first-order chi connectivity index (χ1) is 12.8. The zero-order valence-electron chi connectivity index (χ0n) is 16.0. The van der Waals surface area contributed by atoms with Crippen LogP contribution in [0.4, 0.5) is 0 Å². The number of rotatable bonds is 6. The lowest BCUT2D eigenvalue weighted by Gasteiger charge is -2.12. The Morgan fingerprint density at radius 2 is 1.59 bits per heavy atom. The third-order valence-electron chi connectivity index (χ3n) is 4.40. The van der Waals surface area contributed by atoms with Crippen LogP contribution in [-0.4, -0.2) is 19.9 Å². The zero-order valence-corrected chi connectivity index (χ0v) is 17.7. The van der Waals surface area contributed by atoms with Crippen LogP contribution in [-0.2, 0) is 16.4 Å². The van der Waals surface area contributed by atoms with Crippen LogP contribution in [0.1, 0.15) is 27.9 Å². The number of benzene rings is 2. The van der Waals surface area contributed by atoms with Gasteiger partial charge in [0.15, 0.2) is 0 Å². The largest absolute Gasteiger partial charge is 0.241 e. The molecule has 142 valence electrons. The maximum atomic E-state index is 12.7. The Morgan fingerprint density at radius 1 is 0.963 bits per heavy atom. The fourth-order valence-corrected chi connectivity index (χ4v) is 5.57. The Morgan fingerprint density at radius 3 is 2.22 bits per heavy atom. The molecule has 0 aliphatic carbocycles. The van der Waals surface area contributed by atoms with Gasteiger partial charge in [-0.2, -0.15) is 0 Å². The molecule has 0 atom stereocenters. The molecule has 0 aliphatic heterocycles. The third-order valence-corrected chi connectivity index (χ3v) is 7.10. The molecule has 0 saturated carbocycles.